The Morgan fingerprint density at radius 1 is 1.16 bits per heavy atom. The molecule has 164 valence electrons. The van der Waals surface area contributed by atoms with Gasteiger partial charge in [-0.1, -0.05) is 48.8 Å². The average molecular weight is 507 g/mol. The van der Waals surface area contributed by atoms with Crippen molar-refractivity contribution >= 4 is 38.5 Å². The molecule has 0 radical (unpaired) electrons. The molecule has 3 nitrogen and oxygen atoms in total. The third-order valence-electron chi connectivity index (χ3n) is 6.11. The fraction of sp³-hybridized carbons (Fsp3) is 0.333. The van der Waals surface area contributed by atoms with Gasteiger partial charge in [0, 0.05) is 15.6 Å². The Bertz CT molecular complexity index is 1150. The van der Waals surface area contributed by atoms with Gasteiger partial charge < -0.3 is 4.74 Å². The second-order valence-corrected chi connectivity index (χ2v) is 11.3. The number of hydrogen-bond acceptors (Lipinski definition) is 4. The lowest BCUT2D eigenvalue weighted by Crippen LogP contribution is -2.26. The van der Waals surface area contributed by atoms with Crippen LogP contribution in [0.15, 0.2) is 58.0 Å². The third kappa shape index (κ3) is 5.31. The van der Waals surface area contributed by atoms with Gasteiger partial charge in [-0.15, -0.1) is 11.3 Å². The van der Waals surface area contributed by atoms with Crippen LogP contribution < -0.4 is 4.74 Å². The maximum absolute atomic E-state index is 9.75. The van der Waals surface area contributed by atoms with E-state index < -0.39 is 0 Å². The molecule has 0 amide bonds. The summed E-state index contributed by atoms with van der Waals surface area (Å²) in [7, 11) is 0. The fourth-order valence-electron chi connectivity index (χ4n) is 4.05. The van der Waals surface area contributed by atoms with Crippen molar-refractivity contribution in [2.45, 2.75) is 46.6 Å². The number of nitriles is 1. The van der Waals surface area contributed by atoms with E-state index in [1.165, 1.54) is 10.4 Å². The first-order chi connectivity index (χ1) is 15.3. The van der Waals surface area contributed by atoms with E-state index in [1.54, 1.807) is 11.3 Å². The maximum atomic E-state index is 9.75. The molecule has 3 aromatic rings. The van der Waals surface area contributed by atoms with Crippen molar-refractivity contribution in [3.63, 3.8) is 0 Å². The van der Waals surface area contributed by atoms with Gasteiger partial charge in [0.1, 0.15) is 23.4 Å². The minimum absolute atomic E-state index is 0.291. The van der Waals surface area contributed by atoms with Crippen molar-refractivity contribution in [1.82, 2.24) is 0 Å². The molecule has 0 unspecified atom stereocenters. The van der Waals surface area contributed by atoms with E-state index in [0.29, 0.717) is 17.9 Å². The average Bonchev–Trinajstić information content (AvgIpc) is 3.14. The molecule has 0 fully saturated rings. The van der Waals surface area contributed by atoms with Crippen LogP contribution in [0.25, 0.3) is 0 Å². The Balaban J connectivity index is 1.44. The van der Waals surface area contributed by atoms with Gasteiger partial charge in [0.25, 0.3) is 0 Å². The molecule has 32 heavy (non-hydrogen) atoms. The number of thiophene rings is 1. The summed E-state index contributed by atoms with van der Waals surface area (Å²) in [4.78, 5) is 6.04. The molecule has 2 aromatic carbocycles. The van der Waals surface area contributed by atoms with Gasteiger partial charge in [-0.3, -0.25) is 0 Å². The zero-order valence-corrected chi connectivity index (χ0v) is 21.1. The number of rotatable bonds is 5. The van der Waals surface area contributed by atoms with Crippen molar-refractivity contribution in [3.8, 4) is 11.8 Å². The van der Waals surface area contributed by atoms with Crippen molar-refractivity contribution in [2.75, 3.05) is 0 Å². The van der Waals surface area contributed by atoms with Crippen LogP contribution in [0.1, 0.15) is 54.3 Å². The van der Waals surface area contributed by atoms with Crippen LogP contribution in [0.2, 0.25) is 0 Å². The Kier molecular flexibility index (Phi) is 6.83. The number of benzene rings is 2. The number of fused-ring (bicyclic) bond motifs is 1. The maximum Gasteiger partial charge on any atom is 0.134 e. The van der Waals surface area contributed by atoms with Crippen LogP contribution in [0.3, 0.4) is 0 Å². The molecule has 1 atom stereocenters. The summed E-state index contributed by atoms with van der Waals surface area (Å²) < 4.78 is 6.94. The molecular weight excluding hydrogens is 480 g/mol. The standard InChI is InChI=1S/C27H27BrN2OS/c1-27(2,3)20-8-13-23-24(15-29)26(32-25(23)14-20)30-16-18-6-11-22(12-7-18)31-17-19-4-9-21(28)10-5-19/h4-7,9-12,16,20H,8,13-14,17H2,1-3H3/t20-/m1/s1. The van der Waals surface area contributed by atoms with E-state index in [0.717, 1.165) is 51.2 Å². The SMILES string of the molecule is CC(C)(C)[C@@H]1CCc2c(sc(N=Cc3ccc(OCc4ccc(Br)cc4)cc3)c2C#N)C1. The predicted molar refractivity (Wildman–Crippen MR) is 136 cm³/mol. The van der Waals surface area contributed by atoms with Gasteiger partial charge in [0.05, 0.1) is 5.56 Å². The van der Waals surface area contributed by atoms with Gasteiger partial charge in [-0.2, -0.15) is 5.26 Å². The quantitative estimate of drug-likeness (QED) is 0.330. The smallest absolute Gasteiger partial charge is 0.134 e. The first-order valence-corrected chi connectivity index (χ1v) is 12.5. The summed E-state index contributed by atoms with van der Waals surface area (Å²) in [6, 6.07) is 18.4. The first-order valence-electron chi connectivity index (χ1n) is 10.9. The van der Waals surface area contributed by atoms with Gasteiger partial charge in [-0.05, 0) is 83.7 Å². The Morgan fingerprint density at radius 3 is 2.53 bits per heavy atom. The lowest BCUT2D eigenvalue weighted by molar-refractivity contribution is 0.218. The number of hydrogen-bond donors (Lipinski definition) is 0. The second kappa shape index (κ2) is 9.60. The molecule has 4 rings (SSSR count). The molecule has 1 heterocycles. The molecule has 0 aliphatic heterocycles. The van der Waals surface area contributed by atoms with Crippen LogP contribution in [0.5, 0.6) is 5.75 Å². The van der Waals surface area contributed by atoms with E-state index in [2.05, 4.69) is 42.8 Å². The minimum Gasteiger partial charge on any atom is -0.489 e. The molecule has 0 saturated carbocycles. The Hall–Kier alpha value is -2.42. The normalized spacial score (nSPS) is 16.0. The zero-order chi connectivity index (χ0) is 22.7. The van der Waals surface area contributed by atoms with Crippen molar-refractivity contribution < 1.29 is 4.74 Å². The first kappa shape index (κ1) is 22.8. The number of aliphatic imine (C=N–C) groups is 1. The topological polar surface area (TPSA) is 45.4 Å². The summed E-state index contributed by atoms with van der Waals surface area (Å²) in [5.41, 5.74) is 4.39. The van der Waals surface area contributed by atoms with Gasteiger partial charge >= 0.3 is 0 Å². The van der Waals surface area contributed by atoms with E-state index in [9.17, 15) is 5.26 Å². The minimum atomic E-state index is 0.291. The van der Waals surface area contributed by atoms with Gasteiger partial charge in [-0.25, -0.2) is 4.99 Å². The van der Waals surface area contributed by atoms with E-state index >= 15 is 0 Å². The van der Waals surface area contributed by atoms with E-state index in [1.807, 2.05) is 54.7 Å². The molecule has 0 N–H and O–H groups in total. The molecule has 0 spiro atoms. The third-order valence-corrected chi connectivity index (χ3v) is 7.80. The summed E-state index contributed by atoms with van der Waals surface area (Å²) in [6.45, 7) is 7.47. The molecular formula is C27H27BrN2OS. The predicted octanol–water partition coefficient (Wildman–Crippen LogP) is 7.86. The molecule has 5 heteroatoms. The highest BCUT2D eigenvalue weighted by Crippen LogP contribution is 2.44. The largest absolute Gasteiger partial charge is 0.489 e. The van der Waals surface area contributed by atoms with Crippen LogP contribution in [0.4, 0.5) is 5.00 Å². The zero-order valence-electron chi connectivity index (χ0n) is 18.7. The van der Waals surface area contributed by atoms with Crippen LogP contribution in [-0.4, -0.2) is 6.21 Å². The van der Waals surface area contributed by atoms with Crippen LogP contribution in [0, 0.1) is 22.7 Å². The van der Waals surface area contributed by atoms with E-state index in [4.69, 9.17) is 9.73 Å². The Morgan fingerprint density at radius 2 is 1.88 bits per heavy atom. The summed E-state index contributed by atoms with van der Waals surface area (Å²) in [6.07, 6.45) is 5.03. The fourth-order valence-corrected chi connectivity index (χ4v) is 5.53. The van der Waals surface area contributed by atoms with Crippen molar-refractivity contribution in [2.24, 2.45) is 16.3 Å². The highest BCUT2D eigenvalue weighted by atomic mass is 79.9. The molecule has 1 aliphatic rings. The summed E-state index contributed by atoms with van der Waals surface area (Å²) in [5.74, 6) is 1.48. The number of ether oxygens (including phenoxy) is 1. The van der Waals surface area contributed by atoms with Crippen LogP contribution >= 0.6 is 27.3 Å². The molecule has 1 aromatic heterocycles. The highest BCUT2D eigenvalue weighted by Gasteiger charge is 2.32. The monoisotopic (exact) mass is 506 g/mol. The molecule has 0 saturated heterocycles. The number of nitrogens with zero attached hydrogens (tertiary/aromatic N) is 2. The second-order valence-electron chi connectivity index (χ2n) is 9.34. The summed E-state index contributed by atoms with van der Waals surface area (Å²) >= 11 is 5.13. The van der Waals surface area contributed by atoms with Crippen LogP contribution in [-0.2, 0) is 19.4 Å². The van der Waals surface area contributed by atoms with E-state index in [-0.39, 0.29) is 0 Å². The molecule has 1 aliphatic carbocycles. The lowest BCUT2D eigenvalue weighted by atomic mass is 9.72. The van der Waals surface area contributed by atoms with Crippen molar-refractivity contribution in [1.29, 1.82) is 5.26 Å². The van der Waals surface area contributed by atoms with Gasteiger partial charge in [0.15, 0.2) is 0 Å². The summed E-state index contributed by atoms with van der Waals surface area (Å²) in [5, 5.41) is 10.6. The van der Waals surface area contributed by atoms with Crippen molar-refractivity contribution in [3.05, 3.63) is 80.1 Å². The molecule has 0 bridgehead atoms. The lowest BCUT2D eigenvalue weighted by Gasteiger charge is -2.33. The Labute approximate surface area is 202 Å². The number of halogens is 1. The highest BCUT2D eigenvalue weighted by molar-refractivity contribution is 9.10. The van der Waals surface area contributed by atoms with Gasteiger partial charge in [0.2, 0.25) is 0 Å².